The summed E-state index contributed by atoms with van der Waals surface area (Å²) < 4.78 is 5.51. The number of nitrogens with one attached hydrogen (secondary N) is 3. The number of carbonyl (C=O) groups is 3. The number of benzene rings is 2. The second-order valence-corrected chi connectivity index (χ2v) is 6.62. The number of hydrogen-bond acceptors (Lipinski definition) is 4. The molecule has 0 spiro atoms. The molecule has 7 heteroatoms. The van der Waals surface area contributed by atoms with Crippen molar-refractivity contribution >= 4 is 23.4 Å². The Bertz CT molecular complexity index is 863. The van der Waals surface area contributed by atoms with Crippen LogP contribution in [0.25, 0.3) is 0 Å². The van der Waals surface area contributed by atoms with E-state index < -0.39 is 0 Å². The average molecular weight is 397 g/mol. The first kappa shape index (κ1) is 21.9. The highest BCUT2D eigenvalue weighted by atomic mass is 16.5. The lowest BCUT2D eigenvalue weighted by molar-refractivity contribution is -0.120. The van der Waals surface area contributed by atoms with E-state index in [9.17, 15) is 14.4 Å². The maximum atomic E-state index is 12.1. The highest BCUT2D eigenvalue weighted by Crippen LogP contribution is 2.16. The van der Waals surface area contributed by atoms with E-state index in [0.29, 0.717) is 36.5 Å². The van der Waals surface area contributed by atoms with E-state index in [1.165, 1.54) is 0 Å². The van der Waals surface area contributed by atoms with Gasteiger partial charge in [-0.2, -0.15) is 0 Å². The second-order valence-electron chi connectivity index (χ2n) is 6.62. The third-order valence-corrected chi connectivity index (χ3v) is 4.33. The van der Waals surface area contributed by atoms with Crippen molar-refractivity contribution in [3.8, 4) is 5.75 Å². The second kappa shape index (κ2) is 10.8. The minimum Gasteiger partial charge on any atom is -0.484 e. The maximum absolute atomic E-state index is 12.1. The Balaban J connectivity index is 1.77. The van der Waals surface area contributed by atoms with Gasteiger partial charge in [0.25, 0.3) is 11.8 Å². The van der Waals surface area contributed by atoms with Crippen LogP contribution in [0.15, 0.2) is 42.5 Å². The molecule has 0 radical (unpaired) electrons. The summed E-state index contributed by atoms with van der Waals surface area (Å²) >= 11 is 0. The number of anilines is 1. The van der Waals surface area contributed by atoms with Crippen LogP contribution < -0.4 is 20.7 Å². The Hall–Kier alpha value is -3.35. The predicted octanol–water partition coefficient (Wildman–Crippen LogP) is 2.58. The Labute approximate surface area is 170 Å². The van der Waals surface area contributed by atoms with E-state index in [0.717, 1.165) is 11.1 Å². The van der Waals surface area contributed by atoms with Crippen molar-refractivity contribution in [3.05, 3.63) is 59.2 Å². The number of ether oxygens (including phenoxy) is 1. The van der Waals surface area contributed by atoms with E-state index in [4.69, 9.17) is 4.74 Å². The number of aryl methyl sites for hydroxylation is 2. The van der Waals surface area contributed by atoms with Gasteiger partial charge in [0.15, 0.2) is 6.61 Å². The fourth-order valence-corrected chi connectivity index (χ4v) is 2.46. The molecule has 0 fully saturated rings. The Kier molecular flexibility index (Phi) is 8.21. The number of hydrogen-bond donors (Lipinski definition) is 3. The molecule has 0 aliphatic carbocycles. The molecule has 3 N–H and O–H groups in total. The van der Waals surface area contributed by atoms with Gasteiger partial charge in [0.1, 0.15) is 5.75 Å². The molecule has 154 valence electrons. The van der Waals surface area contributed by atoms with Gasteiger partial charge in [0, 0.05) is 30.8 Å². The van der Waals surface area contributed by atoms with Gasteiger partial charge in [-0.1, -0.05) is 13.0 Å². The van der Waals surface area contributed by atoms with Crippen molar-refractivity contribution < 1.29 is 19.1 Å². The molecule has 0 heterocycles. The van der Waals surface area contributed by atoms with Crippen LogP contribution >= 0.6 is 0 Å². The minimum absolute atomic E-state index is 0.0548. The van der Waals surface area contributed by atoms with E-state index in [1.807, 2.05) is 32.0 Å². The molecule has 3 amide bonds. The highest BCUT2D eigenvalue weighted by molar-refractivity contribution is 5.96. The summed E-state index contributed by atoms with van der Waals surface area (Å²) in [6, 6.07) is 12.2. The smallest absolute Gasteiger partial charge is 0.262 e. The van der Waals surface area contributed by atoms with Crippen molar-refractivity contribution in [2.24, 2.45) is 0 Å². The maximum Gasteiger partial charge on any atom is 0.262 e. The number of rotatable bonds is 9. The number of carbonyl (C=O) groups excluding carboxylic acids is 3. The highest BCUT2D eigenvalue weighted by Gasteiger charge is 2.08. The largest absolute Gasteiger partial charge is 0.484 e. The summed E-state index contributed by atoms with van der Waals surface area (Å²) in [4.78, 5) is 35.3. The summed E-state index contributed by atoms with van der Waals surface area (Å²) in [5.41, 5.74) is 3.31. The lowest BCUT2D eigenvalue weighted by Gasteiger charge is -2.10. The van der Waals surface area contributed by atoms with Gasteiger partial charge in [-0.25, -0.2) is 0 Å². The third-order valence-electron chi connectivity index (χ3n) is 4.33. The third kappa shape index (κ3) is 7.29. The molecule has 0 aliphatic rings. The zero-order valence-electron chi connectivity index (χ0n) is 17.0. The predicted molar refractivity (Wildman–Crippen MR) is 112 cm³/mol. The lowest BCUT2D eigenvalue weighted by Crippen LogP contribution is -2.34. The quantitative estimate of drug-likeness (QED) is 0.567. The fraction of sp³-hybridized carbons (Fsp3) is 0.318. The number of amides is 3. The molecule has 0 saturated heterocycles. The zero-order chi connectivity index (χ0) is 21.2. The van der Waals surface area contributed by atoms with Crippen LogP contribution in [-0.2, 0) is 9.59 Å². The molecule has 2 aromatic rings. The van der Waals surface area contributed by atoms with E-state index >= 15 is 0 Å². The van der Waals surface area contributed by atoms with Crippen LogP contribution in [0.4, 0.5) is 5.69 Å². The molecule has 0 aliphatic heterocycles. The van der Waals surface area contributed by atoms with Gasteiger partial charge >= 0.3 is 0 Å². The van der Waals surface area contributed by atoms with E-state index in [-0.39, 0.29) is 24.3 Å². The average Bonchev–Trinajstić information content (AvgIpc) is 2.72. The van der Waals surface area contributed by atoms with Crippen molar-refractivity contribution in [3.63, 3.8) is 0 Å². The van der Waals surface area contributed by atoms with Crippen LogP contribution in [0.3, 0.4) is 0 Å². The minimum atomic E-state index is -0.285. The summed E-state index contributed by atoms with van der Waals surface area (Å²) in [5.74, 6) is 0.0602. The summed E-state index contributed by atoms with van der Waals surface area (Å²) in [6.07, 6.45) is 0.414. The van der Waals surface area contributed by atoms with Gasteiger partial charge in [-0.3, -0.25) is 14.4 Å². The van der Waals surface area contributed by atoms with E-state index in [1.54, 1.807) is 31.2 Å². The normalized spacial score (nSPS) is 10.2. The molecule has 0 atom stereocenters. The molecule has 2 rings (SSSR count). The molecule has 0 aromatic heterocycles. The van der Waals surface area contributed by atoms with Gasteiger partial charge in [-0.05, 0) is 61.4 Å². The Morgan fingerprint density at radius 3 is 2.21 bits per heavy atom. The van der Waals surface area contributed by atoms with Crippen LogP contribution in [-0.4, -0.2) is 37.4 Å². The molecule has 2 aromatic carbocycles. The standard InChI is InChI=1S/C22H27N3O4/c1-4-20(26)23-11-12-24-22(28)17-6-8-18(9-7-17)25-21(27)14-29-19-10-5-15(2)16(3)13-19/h5-10,13H,4,11-12,14H2,1-3H3,(H,23,26)(H,24,28)(H,25,27). The van der Waals surface area contributed by atoms with Crippen LogP contribution in [0.2, 0.25) is 0 Å². The monoisotopic (exact) mass is 397 g/mol. The molecule has 7 nitrogen and oxygen atoms in total. The topological polar surface area (TPSA) is 96.5 Å². The first-order chi connectivity index (χ1) is 13.9. The van der Waals surface area contributed by atoms with E-state index in [2.05, 4.69) is 16.0 Å². The lowest BCUT2D eigenvalue weighted by atomic mass is 10.1. The summed E-state index contributed by atoms with van der Waals surface area (Å²) in [7, 11) is 0. The van der Waals surface area contributed by atoms with Gasteiger partial charge < -0.3 is 20.7 Å². The molecular formula is C22H27N3O4. The van der Waals surface area contributed by atoms with Crippen molar-refractivity contribution in [1.82, 2.24) is 10.6 Å². The van der Waals surface area contributed by atoms with Crippen molar-refractivity contribution in [1.29, 1.82) is 0 Å². The Morgan fingerprint density at radius 1 is 0.862 bits per heavy atom. The van der Waals surface area contributed by atoms with Crippen LogP contribution in [0.1, 0.15) is 34.8 Å². The first-order valence-corrected chi connectivity index (χ1v) is 9.54. The zero-order valence-corrected chi connectivity index (χ0v) is 17.0. The molecule has 0 bridgehead atoms. The molecule has 0 unspecified atom stereocenters. The Morgan fingerprint density at radius 2 is 1.55 bits per heavy atom. The molecular weight excluding hydrogens is 370 g/mol. The first-order valence-electron chi connectivity index (χ1n) is 9.54. The van der Waals surface area contributed by atoms with Gasteiger partial charge in [0.05, 0.1) is 0 Å². The SMILES string of the molecule is CCC(=O)NCCNC(=O)c1ccc(NC(=O)COc2ccc(C)c(C)c2)cc1. The van der Waals surface area contributed by atoms with Crippen molar-refractivity contribution in [2.75, 3.05) is 25.0 Å². The summed E-state index contributed by atoms with van der Waals surface area (Å²) in [6.45, 7) is 6.39. The van der Waals surface area contributed by atoms with Crippen molar-refractivity contribution in [2.45, 2.75) is 27.2 Å². The van der Waals surface area contributed by atoms with Gasteiger partial charge in [-0.15, -0.1) is 0 Å². The summed E-state index contributed by atoms with van der Waals surface area (Å²) in [5, 5.41) is 8.14. The van der Waals surface area contributed by atoms with Gasteiger partial charge in [0.2, 0.25) is 5.91 Å². The fourth-order valence-electron chi connectivity index (χ4n) is 2.46. The molecule has 0 saturated carbocycles. The molecule has 29 heavy (non-hydrogen) atoms. The van der Waals surface area contributed by atoms with Crippen LogP contribution in [0, 0.1) is 13.8 Å². The van der Waals surface area contributed by atoms with Crippen LogP contribution in [0.5, 0.6) is 5.75 Å².